The number of nitrogens with one attached hydrogen (secondary N) is 2. The Balaban J connectivity index is 1.83. The highest BCUT2D eigenvalue weighted by atomic mass is 16.6. The van der Waals surface area contributed by atoms with Gasteiger partial charge in [0.25, 0.3) is 17.5 Å². The minimum atomic E-state index is -0.834. The third-order valence-corrected chi connectivity index (χ3v) is 4.09. The van der Waals surface area contributed by atoms with Gasteiger partial charge < -0.3 is 24.8 Å². The summed E-state index contributed by atoms with van der Waals surface area (Å²) in [5, 5.41) is 15.7. The van der Waals surface area contributed by atoms with Crippen LogP contribution in [-0.2, 0) is 14.3 Å². The largest absolute Gasteiger partial charge is 0.493 e. The zero-order valence-corrected chi connectivity index (χ0v) is 17.1. The number of esters is 1. The summed E-state index contributed by atoms with van der Waals surface area (Å²) in [7, 11) is 2.89. The van der Waals surface area contributed by atoms with Crippen molar-refractivity contribution in [2.45, 2.75) is 6.92 Å². The molecule has 164 valence electrons. The maximum atomic E-state index is 12.2. The Kier molecular flexibility index (Phi) is 7.89. The summed E-state index contributed by atoms with van der Waals surface area (Å²) >= 11 is 0. The van der Waals surface area contributed by atoms with E-state index in [1.807, 2.05) is 0 Å². The van der Waals surface area contributed by atoms with Crippen molar-refractivity contribution in [1.29, 1.82) is 0 Å². The molecule has 0 aliphatic carbocycles. The minimum absolute atomic E-state index is 0.146. The quantitative estimate of drug-likeness (QED) is 0.347. The molecule has 2 rings (SSSR count). The first-order valence-corrected chi connectivity index (χ1v) is 8.96. The molecule has 0 saturated carbocycles. The van der Waals surface area contributed by atoms with E-state index < -0.39 is 35.9 Å². The molecule has 31 heavy (non-hydrogen) atoms. The first-order valence-electron chi connectivity index (χ1n) is 8.96. The van der Waals surface area contributed by atoms with Crippen molar-refractivity contribution in [1.82, 2.24) is 5.32 Å². The molecule has 0 bridgehead atoms. The molecule has 2 N–H and O–H groups in total. The minimum Gasteiger partial charge on any atom is -0.493 e. The van der Waals surface area contributed by atoms with Crippen LogP contribution in [0.2, 0.25) is 0 Å². The highest BCUT2D eigenvalue weighted by Gasteiger charge is 2.15. The van der Waals surface area contributed by atoms with E-state index in [9.17, 15) is 24.5 Å². The summed E-state index contributed by atoms with van der Waals surface area (Å²) in [5.41, 5.74) is 0.733. The lowest BCUT2D eigenvalue weighted by Gasteiger charge is -2.10. The number of nitrogens with zero attached hydrogens (tertiary/aromatic N) is 1. The normalized spacial score (nSPS) is 10.0. The number of rotatable bonds is 9. The molecule has 11 heteroatoms. The Labute approximate surface area is 177 Å². The van der Waals surface area contributed by atoms with Gasteiger partial charge in [-0.25, -0.2) is 0 Å². The van der Waals surface area contributed by atoms with Crippen molar-refractivity contribution in [2.24, 2.45) is 0 Å². The fourth-order valence-electron chi connectivity index (χ4n) is 2.51. The number of nitro benzene ring substituents is 1. The zero-order valence-electron chi connectivity index (χ0n) is 17.1. The van der Waals surface area contributed by atoms with E-state index in [1.165, 1.54) is 44.6 Å². The third kappa shape index (κ3) is 6.42. The van der Waals surface area contributed by atoms with Crippen molar-refractivity contribution in [3.8, 4) is 11.5 Å². The third-order valence-electron chi connectivity index (χ3n) is 4.09. The maximum Gasteiger partial charge on any atom is 0.325 e. The molecule has 2 aromatic rings. The lowest BCUT2D eigenvalue weighted by atomic mass is 10.2. The molecular weight excluding hydrogens is 410 g/mol. The Morgan fingerprint density at radius 2 is 1.74 bits per heavy atom. The molecular formula is C20H21N3O8. The molecule has 2 aromatic carbocycles. The predicted octanol–water partition coefficient (Wildman–Crippen LogP) is 1.83. The number of ether oxygens (including phenoxy) is 3. The van der Waals surface area contributed by atoms with Gasteiger partial charge in [-0.05, 0) is 31.2 Å². The van der Waals surface area contributed by atoms with E-state index in [4.69, 9.17) is 14.2 Å². The SMILES string of the molecule is COc1ccc(C(=O)NCC(=O)OCC(=O)Nc2ccc(C)c([N+](=O)[O-])c2)cc1OC. The van der Waals surface area contributed by atoms with Gasteiger partial charge in [0.15, 0.2) is 18.1 Å². The highest BCUT2D eigenvalue weighted by molar-refractivity contribution is 5.97. The van der Waals surface area contributed by atoms with Crippen LogP contribution < -0.4 is 20.1 Å². The lowest BCUT2D eigenvalue weighted by Crippen LogP contribution is -2.32. The first kappa shape index (κ1) is 23.1. The second-order valence-corrected chi connectivity index (χ2v) is 6.22. The Morgan fingerprint density at radius 1 is 1.03 bits per heavy atom. The van der Waals surface area contributed by atoms with Gasteiger partial charge in [0.2, 0.25) is 0 Å². The number of hydrogen-bond donors (Lipinski definition) is 2. The number of carbonyl (C=O) groups is 3. The van der Waals surface area contributed by atoms with Crippen LogP contribution in [0.4, 0.5) is 11.4 Å². The predicted molar refractivity (Wildman–Crippen MR) is 109 cm³/mol. The van der Waals surface area contributed by atoms with Crippen LogP contribution in [0.5, 0.6) is 11.5 Å². The van der Waals surface area contributed by atoms with Crippen LogP contribution in [0.15, 0.2) is 36.4 Å². The molecule has 0 heterocycles. The maximum absolute atomic E-state index is 12.2. The topological polar surface area (TPSA) is 146 Å². The fraction of sp³-hybridized carbons (Fsp3) is 0.250. The second-order valence-electron chi connectivity index (χ2n) is 6.22. The number of carbonyl (C=O) groups excluding carboxylic acids is 3. The van der Waals surface area contributed by atoms with Gasteiger partial charge in [-0.2, -0.15) is 0 Å². The summed E-state index contributed by atoms with van der Waals surface area (Å²) in [4.78, 5) is 46.2. The smallest absolute Gasteiger partial charge is 0.325 e. The van der Waals surface area contributed by atoms with Crippen molar-refractivity contribution >= 4 is 29.2 Å². The molecule has 0 spiro atoms. The molecule has 0 radical (unpaired) electrons. The Hall–Kier alpha value is -4.15. The van der Waals surface area contributed by atoms with Gasteiger partial charge in [-0.3, -0.25) is 24.5 Å². The van der Waals surface area contributed by atoms with Crippen LogP contribution in [-0.4, -0.2) is 50.1 Å². The number of methoxy groups -OCH3 is 2. The number of anilines is 1. The summed E-state index contributed by atoms with van der Waals surface area (Å²) in [6, 6.07) is 8.68. The van der Waals surface area contributed by atoms with Crippen molar-refractivity contribution in [3.05, 3.63) is 57.6 Å². The van der Waals surface area contributed by atoms with E-state index in [0.717, 1.165) is 0 Å². The summed E-state index contributed by atoms with van der Waals surface area (Å²) in [6.07, 6.45) is 0. The average molecular weight is 431 g/mol. The lowest BCUT2D eigenvalue weighted by molar-refractivity contribution is -0.385. The molecule has 0 unspecified atom stereocenters. The van der Waals surface area contributed by atoms with Crippen molar-refractivity contribution < 1.29 is 33.5 Å². The molecule has 2 amide bonds. The summed E-state index contributed by atoms with van der Waals surface area (Å²) in [6.45, 7) is 0.491. The van der Waals surface area contributed by atoms with Gasteiger partial charge >= 0.3 is 5.97 Å². The van der Waals surface area contributed by atoms with E-state index in [0.29, 0.717) is 17.1 Å². The molecule has 0 aliphatic heterocycles. The molecule has 0 aliphatic rings. The van der Waals surface area contributed by atoms with Gasteiger partial charge in [-0.15, -0.1) is 0 Å². The standard InChI is InChI=1S/C20H21N3O8/c1-12-4-6-14(9-15(12)23(27)28)22-18(24)11-31-19(25)10-21-20(26)13-5-7-16(29-2)17(8-13)30-3/h4-9H,10-11H2,1-3H3,(H,21,26)(H,22,24). The van der Waals surface area contributed by atoms with E-state index >= 15 is 0 Å². The van der Waals surface area contributed by atoms with Crippen LogP contribution >= 0.6 is 0 Å². The van der Waals surface area contributed by atoms with E-state index in [1.54, 1.807) is 13.0 Å². The van der Waals surface area contributed by atoms with E-state index in [-0.39, 0.29) is 16.9 Å². The number of hydrogen-bond acceptors (Lipinski definition) is 8. The monoisotopic (exact) mass is 431 g/mol. The number of nitro groups is 1. The summed E-state index contributed by atoms with van der Waals surface area (Å²) < 4.78 is 15.0. The number of aryl methyl sites for hydroxylation is 1. The fourth-order valence-corrected chi connectivity index (χ4v) is 2.51. The van der Waals surface area contributed by atoms with Crippen molar-refractivity contribution in [2.75, 3.05) is 32.7 Å². The molecule has 0 saturated heterocycles. The Bertz CT molecular complexity index is 1010. The second kappa shape index (κ2) is 10.6. The number of amides is 2. The van der Waals surface area contributed by atoms with Crippen LogP contribution in [0.1, 0.15) is 15.9 Å². The highest BCUT2D eigenvalue weighted by Crippen LogP contribution is 2.27. The Morgan fingerprint density at radius 3 is 2.39 bits per heavy atom. The summed E-state index contributed by atoms with van der Waals surface area (Å²) in [5.74, 6) is -1.26. The molecule has 0 atom stereocenters. The average Bonchev–Trinajstić information content (AvgIpc) is 2.76. The van der Waals surface area contributed by atoms with E-state index in [2.05, 4.69) is 10.6 Å². The van der Waals surface area contributed by atoms with Gasteiger partial charge in [-0.1, -0.05) is 6.07 Å². The van der Waals surface area contributed by atoms with Crippen LogP contribution in [0.3, 0.4) is 0 Å². The first-order chi connectivity index (χ1) is 14.7. The van der Waals surface area contributed by atoms with Crippen molar-refractivity contribution in [3.63, 3.8) is 0 Å². The molecule has 11 nitrogen and oxygen atoms in total. The van der Waals surface area contributed by atoms with Gasteiger partial charge in [0.1, 0.15) is 6.54 Å². The van der Waals surface area contributed by atoms with Crippen LogP contribution in [0, 0.1) is 17.0 Å². The van der Waals surface area contributed by atoms with Gasteiger partial charge in [0.05, 0.1) is 19.1 Å². The molecule has 0 fully saturated rings. The molecule has 0 aromatic heterocycles. The zero-order chi connectivity index (χ0) is 23.0. The van der Waals surface area contributed by atoms with Gasteiger partial charge in [0, 0.05) is 22.9 Å². The van der Waals surface area contributed by atoms with Crippen LogP contribution in [0.25, 0.3) is 0 Å². The number of benzene rings is 2.